The van der Waals surface area contributed by atoms with Gasteiger partial charge in [-0.2, -0.15) is 5.10 Å². The van der Waals surface area contributed by atoms with E-state index in [1.165, 1.54) is 0 Å². The van der Waals surface area contributed by atoms with E-state index in [4.69, 9.17) is 10.2 Å². The highest BCUT2D eigenvalue weighted by Gasteiger charge is 2.20. The van der Waals surface area contributed by atoms with Gasteiger partial charge in [0.15, 0.2) is 6.17 Å². The molecule has 0 aromatic carbocycles. The van der Waals surface area contributed by atoms with Gasteiger partial charge in [0.2, 0.25) is 0 Å². The van der Waals surface area contributed by atoms with Crippen molar-refractivity contribution in [1.29, 1.82) is 5.41 Å². The Labute approximate surface area is 88.2 Å². The summed E-state index contributed by atoms with van der Waals surface area (Å²) < 4.78 is 0. The molecule has 15 heavy (non-hydrogen) atoms. The Morgan fingerprint density at radius 2 is 2.27 bits per heavy atom. The van der Waals surface area contributed by atoms with E-state index >= 15 is 0 Å². The monoisotopic (exact) mass is 209 g/mol. The van der Waals surface area contributed by atoms with E-state index in [1.54, 1.807) is 0 Å². The third kappa shape index (κ3) is 2.63. The van der Waals surface area contributed by atoms with Gasteiger partial charge in [0.25, 0.3) is 5.90 Å². The van der Waals surface area contributed by atoms with Crippen molar-refractivity contribution in [3.63, 3.8) is 0 Å². The minimum Gasteiger partial charge on any atom is -0.385 e. The van der Waals surface area contributed by atoms with Crippen LogP contribution in [0.15, 0.2) is 11.1 Å². The number of H-pyrrole nitrogens is 1. The second-order valence-corrected chi connectivity index (χ2v) is 2.71. The van der Waals surface area contributed by atoms with Crippen LogP contribution in [0, 0.1) is 12.3 Å². The molecular weight excluding hydrogens is 194 g/mol. The number of rotatable bonds is 2. The summed E-state index contributed by atoms with van der Waals surface area (Å²) in [4.78, 5) is 8.93. The number of nitrogens with one attached hydrogen (secondary N) is 3. The maximum atomic E-state index is 6.91. The molecule has 2 heterocycles. The first-order valence-electron chi connectivity index (χ1n) is 4.82. The van der Waals surface area contributed by atoms with Crippen LogP contribution in [-0.4, -0.2) is 22.3 Å². The van der Waals surface area contributed by atoms with Gasteiger partial charge in [-0.25, -0.2) is 4.99 Å². The highest BCUT2D eigenvalue weighted by molar-refractivity contribution is 6.25. The summed E-state index contributed by atoms with van der Waals surface area (Å²) in [5.74, 6) is 0.269. The fourth-order valence-corrected chi connectivity index (χ4v) is 1.07. The van der Waals surface area contributed by atoms with E-state index in [0.717, 1.165) is 17.6 Å². The molecule has 1 unspecified atom stereocenters. The van der Waals surface area contributed by atoms with E-state index in [1.807, 2.05) is 26.8 Å². The lowest BCUT2D eigenvalue weighted by Crippen LogP contribution is -2.14. The summed E-state index contributed by atoms with van der Waals surface area (Å²) in [7, 11) is 0. The Kier molecular flexibility index (Phi) is 3.99. The maximum absolute atomic E-state index is 6.91. The van der Waals surface area contributed by atoms with Gasteiger partial charge in [0, 0.05) is 5.69 Å². The zero-order valence-electron chi connectivity index (χ0n) is 9.03. The van der Waals surface area contributed by atoms with Gasteiger partial charge in [0.05, 0.1) is 6.21 Å². The molecule has 1 aliphatic rings. The average Bonchev–Trinajstić information content (AvgIpc) is 2.88. The highest BCUT2D eigenvalue weighted by Crippen LogP contribution is 2.16. The van der Waals surface area contributed by atoms with Crippen molar-refractivity contribution in [2.45, 2.75) is 26.9 Å². The van der Waals surface area contributed by atoms with Crippen LogP contribution in [-0.2, 0) is 4.84 Å². The van der Waals surface area contributed by atoms with Crippen molar-refractivity contribution in [2.75, 3.05) is 0 Å². The van der Waals surface area contributed by atoms with Gasteiger partial charge in [-0.05, 0) is 13.0 Å². The van der Waals surface area contributed by atoms with Gasteiger partial charge in [0.1, 0.15) is 5.69 Å². The van der Waals surface area contributed by atoms with Crippen LogP contribution in [0.1, 0.15) is 31.4 Å². The van der Waals surface area contributed by atoms with Crippen molar-refractivity contribution < 1.29 is 4.84 Å². The van der Waals surface area contributed by atoms with Crippen LogP contribution in [0.4, 0.5) is 0 Å². The molecular formula is C9H15N5O. The molecule has 0 saturated heterocycles. The van der Waals surface area contributed by atoms with Crippen LogP contribution in [0.2, 0.25) is 0 Å². The Hall–Kier alpha value is -1.69. The minimum absolute atomic E-state index is 0.269. The maximum Gasteiger partial charge on any atom is 0.253 e. The lowest BCUT2D eigenvalue weighted by Gasteiger charge is -1.99. The second-order valence-electron chi connectivity index (χ2n) is 2.71. The molecule has 0 bridgehead atoms. The van der Waals surface area contributed by atoms with Gasteiger partial charge < -0.3 is 10.2 Å². The molecule has 2 rings (SSSR count). The van der Waals surface area contributed by atoms with E-state index in [2.05, 4.69) is 20.7 Å². The van der Waals surface area contributed by atoms with Crippen molar-refractivity contribution in [2.24, 2.45) is 4.99 Å². The van der Waals surface area contributed by atoms with Crippen LogP contribution in [0.25, 0.3) is 0 Å². The molecule has 0 aliphatic carbocycles. The number of hydroxylamine groups is 1. The summed E-state index contributed by atoms with van der Waals surface area (Å²) in [6, 6.07) is 1.87. The first kappa shape index (κ1) is 11.4. The molecule has 0 spiro atoms. The third-order valence-corrected chi connectivity index (χ3v) is 1.66. The van der Waals surface area contributed by atoms with E-state index in [-0.39, 0.29) is 12.1 Å². The molecule has 0 fully saturated rings. The topological polar surface area (TPSA) is 86.2 Å². The molecule has 1 atom stereocenters. The summed E-state index contributed by atoms with van der Waals surface area (Å²) >= 11 is 0. The SMILES string of the molecule is CC.Cc1cc(C2N=C(C=N)ON2)n[nH]1. The Bertz CT molecular complexity index is 357. The van der Waals surface area contributed by atoms with Gasteiger partial charge in [-0.15, -0.1) is 5.48 Å². The van der Waals surface area contributed by atoms with Crippen molar-refractivity contribution in [3.05, 3.63) is 17.5 Å². The number of hydrogen-bond acceptors (Lipinski definition) is 5. The average molecular weight is 209 g/mol. The molecule has 1 aromatic heterocycles. The number of nitrogens with zero attached hydrogens (tertiary/aromatic N) is 2. The third-order valence-electron chi connectivity index (χ3n) is 1.66. The van der Waals surface area contributed by atoms with Gasteiger partial charge in [-0.1, -0.05) is 13.8 Å². The summed E-state index contributed by atoms with van der Waals surface area (Å²) in [6.07, 6.45) is 0.744. The quantitative estimate of drug-likeness (QED) is 0.642. The highest BCUT2D eigenvalue weighted by atomic mass is 16.7. The first-order valence-corrected chi connectivity index (χ1v) is 4.82. The molecule has 1 aliphatic heterocycles. The molecule has 6 heteroatoms. The van der Waals surface area contributed by atoms with Crippen molar-refractivity contribution >= 4 is 12.1 Å². The molecule has 0 saturated carbocycles. The largest absolute Gasteiger partial charge is 0.385 e. The fraction of sp³-hybridized carbons (Fsp3) is 0.444. The minimum atomic E-state index is -0.304. The Morgan fingerprint density at radius 1 is 1.53 bits per heavy atom. The van der Waals surface area contributed by atoms with Gasteiger partial charge in [-0.3, -0.25) is 5.10 Å². The van der Waals surface area contributed by atoms with E-state index in [0.29, 0.717) is 0 Å². The predicted molar refractivity (Wildman–Crippen MR) is 57.9 cm³/mol. The molecule has 0 amide bonds. The second kappa shape index (κ2) is 5.26. The number of aromatic amines is 1. The number of aliphatic imine (C=N–C) groups is 1. The van der Waals surface area contributed by atoms with E-state index < -0.39 is 0 Å². The predicted octanol–water partition coefficient (Wildman–Crippen LogP) is 1.33. The summed E-state index contributed by atoms with van der Waals surface area (Å²) in [6.45, 7) is 5.91. The zero-order chi connectivity index (χ0) is 11.3. The Morgan fingerprint density at radius 3 is 2.73 bits per heavy atom. The van der Waals surface area contributed by atoms with Crippen molar-refractivity contribution in [1.82, 2.24) is 15.7 Å². The van der Waals surface area contributed by atoms with Crippen molar-refractivity contribution in [3.8, 4) is 0 Å². The molecule has 6 nitrogen and oxygen atoms in total. The van der Waals surface area contributed by atoms with Crippen LogP contribution in [0.5, 0.6) is 0 Å². The lowest BCUT2D eigenvalue weighted by atomic mass is 10.3. The number of aryl methyl sites for hydroxylation is 1. The molecule has 3 N–H and O–H groups in total. The molecule has 82 valence electrons. The van der Waals surface area contributed by atoms with Gasteiger partial charge >= 0.3 is 0 Å². The van der Waals surface area contributed by atoms with Crippen LogP contribution >= 0.6 is 0 Å². The number of aromatic nitrogens is 2. The normalized spacial score (nSPS) is 18.6. The zero-order valence-corrected chi connectivity index (χ0v) is 9.03. The standard InChI is InChI=1S/C7H9N5O.C2H6/c1-4-2-5(11-10-4)7-9-6(3-8)13-12-7;1-2/h2-3,7-8,12H,1H3,(H,10,11);1-2H3. The van der Waals surface area contributed by atoms with Crippen LogP contribution < -0.4 is 5.48 Å². The van der Waals surface area contributed by atoms with E-state index in [9.17, 15) is 0 Å². The fourth-order valence-electron chi connectivity index (χ4n) is 1.07. The lowest BCUT2D eigenvalue weighted by molar-refractivity contribution is 0.181. The molecule has 1 aromatic rings. The first-order chi connectivity index (χ1) is 7.29. The summed E-state index contributed by atoms with van der Waals surface area (Å²) in [5.41, 5.74) is 4.38. The smallest absolute Gasteiger partial charge is 0.253 e. The number of hydrogen-bond donors (Lipinski definition) is 3. The summed E-state index contributed by atoms with van der Waals surface area (Å²) in [5, 5.41) is 13.7. The Balaban J connectivity index is 0.000000531. The molecule has 0 radical (unpaired) electrons. The van der Waals surface area contributed by atoms with Crippen LogP contribution in [0.3, 0.4) is 0 Å².